The van der Waals surface area contributed by atoms with Crippen molar-refractivity contribution in [2.75, 3.05) is 31.7 Å². The van der Waals surface area contributed by atoms with Crippen LogP contribution in [0, 0.1) is 5.82 Å². The topological polar surface area (TPSA) is 41.5 Å². The maximum absolute atomic E-state index is 13.2. The number of benzene rings is 1. The summed E-state index contributed by atoms with van der Waals surface area (Å²) >= 11 is 0. The molecule has 0 aliphatic rings. The second kappa shape index (κ2) is 6.55. The molecule has 0 unspecified atom stereocenters. The first-order chi connectivity index (χ1) is 8.45. The molecule has 0 fully saturated rings. The highest BCUT2D eigenvalue weighted by atomic mass is 19.4. The Balaban J connectivity index is 2.59. The van der Waals surface area contributed by atoms with E-state index in [1.807, 2.05) is 0 Å². The molecule has 1 aromatic carbocycles. The zero-order chi connectivity index (χ0) is 13.6. The fourth-order valence-corrected chi connectivity index (χ4v) is 1.26. The second-order valence-corrected chi connectivity index (χ2v) is 3.46. The van der Waals surface area contributed by atoms with E-state index in [0.29, 0.717) is 12.1 Å². The van der Waals surface area contributed by atoms with Crippen LogP contribution in [0.15, 0.2) is 18.2 Å². The summed E-state index contributed by atoms with van der Waals surface area (Å²) in [7, 11) is 0. The van der Waals surface area contributed by atoms with Gasteiger partial charge in [-0.2, -0.15) is 13.2 Å². The molecule has 0 aliphatic carbocycles. The molecule has 1 rings (SSSR count). The van der Waals surface area contributed by atoms with Gasteiger partial charge in [-0.25, -0.2) is 4.39 Å². The van der Waals surface area contributed by atoms with Crippen molar-refractivity contribution in [2.24, 2.45) is 0 Å². The number of aliphatic hydroxyl groups excluding tert-OH is 1. The van der Waals surface area contributed by atoms with Crippen LogP contribution in [-0.4, -0.2) is 31.5 Å². The molecule has 0 bridgehead atoms. The fourth-order valence-electron chi connectivity index (χ4n) is 1.26. The number of hydrogen-bond donors (Lipinski definition) is 2. The molecule has 0 heterocycles. The third-order valence-electron chi connectivity index (χ3n) is 2.09. The van der Waals surface area contributed by atoms with Gasteiger partial charge in [-0.3, -0.25) is 0 Å². The quantitative estimate of drug-likeness (QED) is 0.613. The van der Waals surface area contributed by atoms with E-state index < -0.39 is 17.6 Å². The summed E-state index contributed by atoms with van der Waals surface area (Å²) in [6.07, 6.45) is -4.50. The molecule has 0 saturated carbocycles. The Bertz CT molecular complexity index is 382. The number of halogens is 4. The number of aliphatic hydroxyl groups is 1. The summed E-state index contributed by atoms with van der Waals surface area (Å²) in [5, 5.41) is 10.9. The minimum atomic E-state index is -4.50. The van der Waals surface area contributed by atoms with Crippen molar-refractivity contribution in [2.45, 2.75) is 6.18 Å². The minimum Gasteiger partial charge on any atom is -0.394 e. The first-order valence-electron chi connectivity index (χ1n) is 5.24. The molecular formula is C11H13F4NO2. The summed E-state index contributed by atoms with van der Waals surface area (Å²) in [5.74, 6) is -0.759. The number of anilines is 1. The van der Waals surface area contributed by atoms with E-state index in [4.69, 9.17) is 9.84 Å². The van der Waals surface area contributed by atoms with Gasteiger partial charge in [0.25, 0.3) is 0 Å². The molecular weight excluding hydrogens is 254 g/mol. The van der Waals surface area contributed by atoms with Crippen LogP contribution < -0.4 is 5.32 Å². The van der Waals surface area contributed by atoms with E-state index in [2.05, 4.69) is 5.32 Å². The standard InChI is InChI=1S/C11H13F4NO2/c12-9-2-1-8(11(13,14)15)7-10(9)16-3-5-18-6-4-17/h1-2,7,16-17H,3-6H2. The van der Waals surface area contributed by atoms with Crippen molar-refractivity contribution in [3.05, 3.63) is 29.6 Å². The number of alkyl halides is 3. The van der Waals surface area contributed by atoms with Crippen LogP contribution >= 0.6 is 0 Å². The van der Waals surface area contributed by atoms with Gasteiger partial charge in [0.15, 0.2) is 0 Å². The van der Waals surface area contributed by atoms with Crippen LogP contribution in [0.3, 0.4) is 0 Å². The highest BCUT2D eigenvalue weighted by Crippen LogP contribution is 2.31. The van der Waals surface area contributed by atoms with Gasteiger partial charge >= 0.3 is 6.18 Å². The smallest absolute Gasteiger partial charge is 0.394 e. The zero-order valence-corrected chi connectivity index (χ0v) is 9.43. The molecule has 1 aromatic rings. The van der Waals surface area contributed by atoms with Gasteiger partial charge in [-0.05, 0) is 18.2 Å². The van der Waals surface area contributed by atoms with Crippen LogP contribution in [-0.2, 0) is 10.9 Å². The van der Waals surface area contributed by atoms with E-state index >= 15 is 0 Å². The molecule has 3 nitrogen and oxygen atoms in total. The third kappa shape index (κ3) is 4.50. The Labute approximate surface area is 101 Å². The van der Waals surface area contributed by atoms with E-state index in [9.17, 15) is 17.6 Å². The highest BCUT2D eigenvalue weighted by molar-refractivity contribution is 5.48. The number of rotatable bonds is 6. The van der Waals surface area contributed by atoms with Crippen LogP contribution in [0.5, 0.6) is 0 Å². The summed E-state index contributed by atoms with van der Waals surface area (Å²) in [4.78, 5) is 0. The van der Waals surface area contributed by atoms with Crippen LogP contribution in [0.2, 0.25) is 0 Å². The second-order valence-electron chi connectivity index (χ2n) is 3.46. The monoisotopic (exact) mass is 267 g/mol. The van der Waals surface area contributed by atoms with Gasteiger partial charge in [0.2, 0.25) is 0 Å². The van der Waals surface area contributed by atoms with E-state index in [1.165, 1.54) is 0 Å². The third-order valence-corrected chi connectivity index (χ3v) is 2.09. The lowest BCUT2D eigenvalue weighted by Crippen LogP contribution is -2.13. The Morgan fingerprint density at radius 3 is 2.56 bits per heavy atom. The number of nitrogens with one attached hydrogen (secondary N) is 1. The fraction of sp³-hybridized carbons (Fsp3) is 0.455. The van der Waals surface area contributed by atoms with Gasteiger partial charge in [-0.1, -0.05) is 0 Å². The van der Waals surface area contributed by atoms with Gasteiger partial charge in [0, 0.05) is 6.54 Å². The van der Waals surface area contributed by atoms with Gasteiger partial charge in [0.05, 0.1) is 31.1 Å². The predicted octanol–water partition coefficient (Wildman–Crippen LogP) is 2.27. The average Bonchev–Trinajstić information content (AvgIpc) is 2.29. The maximum atomic E-state index is 13.2. The van der Waals surface area contributed by atoms with Gasteiger partial charge in [0.1, 0.15) is 5.82 Å². The van der Waals surface area contributed by atoms with E-state index in [1.54, 1.807) is 0 Å². The summed E-state index contributed by atoms with van der Waals surface area (Å²) in [6.45, 7) is 0.305. The van der Waals surface area contributed by atoms with E-state index in [0.717, 1.165) is 6.07 Å². The Kier molecular flexibility index (Phi) is 5.36. The summed E-state index contributed by atoms with van der Waals surface area (Å²) < 4.78 is 55.3. The maximum Gasteiger partial charge on any atom is 0.416 e. The molecule has 7 heteroatoms. The molecule has 0 radical (unpaired) electrons. The van der Waals surface area contributed by atoms with Gasteiger partial charge < -0.3 is 15.2 Å². The molecule has 0 aliphatic heterocycles. The predicted molar refractivity (Wildman–Crippen MR) is 57.8 cm³/mol. The number of ether oxygens (including phenoxy) is 1. The van der Waals surface area contributed by atoms with Crippen molar-refractivity contribution in [3.8, 4) is 0 Å². The Morgan fingerprint density at radius 2 is 1.94 bits per heavy atom. The van der Waals surface area contributed by atoms with Crippen molar-refractivity contribution in [1.82, 2.24) is 0 Å². The van der Waals surface area contributed by atoms with Crippen molar-refractivity contribution < 1.29 is 27.4 Å². The number of hydrogen-bond acceptors (Lipinski definition) is 3. The molecule has 0 atom stereocenters. The molecule has 0 saturated heterocycles. The minimum absolute atomic E-state index is 0.132. The van der Waals surface area contributed by atoms with Gasteiger partial charge in [-0.15, -0.1) is 0 Å². The molecule has 0 spiro atoms. The molecule has 2 N–H and O–H groups in total. The lowest BCUT2D eigenvalue weighted by molar-refractivity contribution is -0.137. The highest BCUT2D eigenvalue weighted by Gasteiger charge is 2.31. The van der Waals surface area contributed by atoms with E-state index in [-0.39, 0.29) is 32.1 Å². The van der Waals surface area contributed by atoms with Crippen molar-refractivity contribution in [1.29, 1.82) is 0 Å². The summed E-state index contributed by atoms with van der Waals surface area (Å²) in [5.41, 5.74) is -1.14. The normalized spacial score (nSPS) is 11.6. The largest absolute Gasteiger partial charge is 0.416 e. The zero-order valence-electron chi connectivity index (χ0n) is 9.43. The molecule has 0 aromatic heterocycles. The first kappa shape index (κ1) is 14.7. The Morgan fingerprint density at radius 1 is 1.22 bits per heavy atom. The van der Waals surface area contributed by atoms with Crippen LogP contribution in [0.1, 0.15) is 5.56 Å². The molecule has 102 valence electrons. The molecule has 18 heavy (non-hydrogen) atoms. The van der Waals surface area contributed by atoms with Crippen LogP contribution in [0.4, 0.5) is 23.2 Å². The first-order valence-corrected chi connectivity index (χ1v) is 5.24. The lowest BCUT2D eigenvalue weighted by Gasteiger charge is -2.11. The SMILES string of the molecule is OCCOCCNc1cc(C(F)(F)F)ccc1F. The summed E-state index contributed by atoms with van der Waals surface area (Å²) in [6, 6.07) is 2.16. The average molecular weight is 267 g/mol. The Hall–Kier alpha value is -1.34. The van der Waals surface area contributed by atoms with Crippen molar-refractivity contribution in [3.63, 3.8) is 0 Å². The molecule has 0 amide bonds. The lowest BCUT2D eigenvalue weighted by atomic mass is 10.2. The van der Waals surface area contributed by atoms with Crippen molar-refractivity contribution >= 4 is 5.69 Å². The van der Waals surface area contributed by atoms with Crippen LogP contribution in [0.25, 0.3) is 0 Å².